The Balaban J connectivity index is 0.000000397. The first-order chi connectivity index (χ1) is 9.95. The Bertz CT molecular complexity index is 545. The zero-order valence-corrected chi connectivity index (χ0v) is 20.3. The number of rotatable bonds is 3. The third kappa shape index (κ3) is 7.65. The Kier molecular flexibility index (Phi) is 11.7. The van der Waals surface area contributed by atoms with Gasteiger partial charge in [-0.15, -0.1) is 0 Å². The van der Waals surface area contributed by atoms with Gasteiger partial charge in [0.1, 0.15) is 0 Å². The largest absolute Gasteiger partial charge is 1.00 e. The van der Waals surface area contributed by atoms with Crippen molar-refractivity contribution in [3.05, 3.63) is 55.1 Å². The van der Waals surface area contributed by atoms with E-state index in [0.717, 1.165) is 5.92 Å². The van der Waals surface area contributed by atoms with Crippen molar-refractivity contribution in [3.8, 4) is 0 Å². The van der Waals surface area contributed by atoms with Crippen molar-refractivity contribution in [2.75, 3.05) is 0 Å². The Morgan fingerprint density at radius 3 is 2.48 bits per heavy atom. The Morgan fingerprint density at radius 2 is 1.96 bits per heavy atom. The molecule has 0 aromatic rings. The van der Waals surface area contributed by atoms with Gasteiger partial charge in [-0.25, -0.2) is 0 Å². The predicted octanol–water partition coefficient (Wildman–Crippen LogP) is -0.0951. The summed E-state index contributed by atoms with van der Waals surface area (Å²) in [5.74, 6) is 1.48. The maximum atomic E-state index is 2.49. The standard InChI is InChI=1S/C8H8S.C8H11.C2H6Si.2ClH.Zr/c1-6-5-7-3-2-4-8(7)9-6;1-7(2)8-5-3-4-6-8;1-3-2;;;/h2-5,7H,1H3;5-7H,3H2,1-2H3;1-2H3;2*1H;/q;;;;;+2/p-2. The number of hydrogen-bond acceptors (Lipinski definition) is 1. The van der Waals surface area contributed by atoms with Crippen LogP contribution in [0.15, 0.2) is 55.1 Å². The number of thioether (sulfide) groups is 1. The van der Waals surface area contributed by atoms with Crippen LogP contribution < -0.4 is 24.8 Å². The fourth-order valence-electron chi connectivity index (χ4n) is 2.55. The van der Waals surface area contributed by atoms with Crippen LogP contribution in [-0.2, 0) is 22.4 Å². The summed E-state index contributed by atoms with van der Waals surface area (Å²) >= 11 is 1.80. The second-order valence-corrected chi connectivity index (χ2v) is 20.6. The van der Waals surface area contributed by atoms with Gasteiger partial charge in [0.25, 0.3) is 0 Å². The normalized spacial score (nSPS) is 20.4. The summed E-state index contributed by atoms with van der Waals surface area (Å²) in [5, 5.41) is 0. The Labute approximate surface area is 171 Å². The summed E-state index contributed by atoms with van der Waals surface area (Å²) in [6.45, 7) is 11.7. The molecular weight excluding hydrogens is 438 g/mol. The smallest absolute Gasteiger partial charge is 0.0275 e. The summed E-state index contributed by atoms with van der Waals surface area (Å²) in [5.41, 5.74) is 1.59. The molecule has 0 nitrogen and oxygen atoms in total. The van der Waals surface area contributed by atoms with Crippen LogP contribution in [0.4, 0.5) is 0 Å². The maximum Gasteiger partial charge on any atom is 0.0275 e. The van der Waals surface area contributed by atoms with E-state index in [1.165, 1.54) is 16.2 Å². The number of fused-ring (bicyclic) bond motifs is 1. The van der Waals surface area contributed by atoms with Gasteiger partial charge < -0.3 is 24.8 Å². The molecule has 2 aliphatic carbocycles. The molecule has 1 radical (unpaired) electrons. The molecule has 1 unspecified atom stereocenters. The van der Waals surface area contributed by atoms with Gasteiger partial charge in [-0.05, 0) is 11.8 Å². The van der Waals surface area contributed by atoms with E-state index < -0.39 is 0 Å². The fraction of sp³-hybridized carbons (Fsp3) is 0.444. The molecule has 1 atom stereocenters. The van der Waals surface area contributed by atoms with Crippen molar-refractivity contribution < 1.29 is 47.2 Å². The third-order valence-corrected chi connectivity index (χ3v) is 12.4. The van der Waals surface area contributed by atoms with E-state index >= 15 is 0 Å². The molecule has 23 heavy (non-hydrogen) atoms. The van der Waals surface area contributed by atoms with Crippen LogP contribution in [0, 0.1) is 11.8 Å². The van der Waals surface area contributed by atoms with E-state index in [0.29, 0.717) is 5.92 Å². The van der Waals surface area contributed by atoms with E-state index in [1.54, 1.807) is 5.57 Å². The minimum atomic E-state index is -0.0998. The molecule has 0 aromatic heterocycles. The SMILES string of the molecule is CC(C)C1=CC[C]([Zr+2][Si](C)C)=C1.CC1=CC2C=CC=C2S1.[Cl-].[Cl-]. The summed E-state index contributed by atoms with van der Waals surface area (Å²) in [6, 6.07) is 0. The summed E-state index contributed by atoms with van der Waals surface area (Å²) < 4.78 is 1.83. The third-order valence-electron chi connectivity index (χ3n) is 3.58. The molecule has 0 saturated carbocycles. The zero-order chi connectivity index (χ0) is 15.4. The first kappa shape index (κ1) is 23.7. The van der Waals surface area contributed by atoms with E-state index in [4.69, 9.17) is 0 Å². The van der Waals surface area contributed by atoms with E-state index in [-0.39, 0.29) is 53.1 Å². The van der Waals surface area contributed by atoms with E-state index in [1.807, 2.05) is 15.0 Å². The van der Waals surface area contributed by atoms with Gasteiger partial charge in [0, 0.05) is 10.8 Å². The molecule has 3 aliphatic rings. The van der Waals surface area contributed by atoms with Crippen LogP contribution in [0.2, 0.25) is 13.1 Å². The molecule has 0 N–H and O–H groups in total. The second kappa shape index (κ2) is 11.4. The molecular formula is C18H25Cl2SSiZr. The van der Waals surface area contributed by atoms with Gasteiger partial charge in [-0.3, -0.25) is 0 Å². The van der Waals surface area contributed by atoms with Gasteiger partial charge in [0.2, 0.25) is 0 Å². The molecule has 0 bridgehead atoms. The van der Waals surface area contributed by atoms with Crippen LogP contribution in [0.25, 0.3) is 0 Å². The molecule has 0 aromatic carbocycles. The average molecular weight is 464 g/mol. The topological polar surface area (TPSA) is 0 Å². The molecule has 125 valence electrons. The minimum absolute atomic E-state index is 0. The van der Waals surface area contributed by atoms with Crippen molar-refractivity contribution >= 4 is 17.7 Å². The second-order valence-electron chi connectivity index (χ2n) is 6.22. The predicted molar refractivity (Wildman–Crippen MR) is 95.2 cm³/mol. The van der Waals surface area contributed by atoms with Gasteiger partial charge in [0.05, 0.1) is 0 Å². The molecule has 1 heterocycles. The van der Waals surface area contributed by atoms with Crippen LogP contribution in [0.1, 0.15) is 27.2 Å². The van der Waals surface area contributed by atoms with Gasteiger partial charge >= 0.3 is 88.6 Å². The van der Waals surface area contributed by atoms with E-state index in [2.05, 4.69) is 70.3 Å². The van der Waals surface area contributed by atoms with Crippen molar-refractivity contribution in [1.82, 2.24) is 0 Å². The number of allylic oxidation sites excluding steroid dienone is 10. The van der Waals surface area contributed by atoms with Crippen LogP contribution >= 0.6 is 11.8 Å². The van der Waals surface area contributed by atoms with Gasteiger partial charge in [-0.2, -0.15) is 0 Å². The number of halogens is 2. The molecule has 0 spiro atoms. The summed E-state index contributed by atoms with van der Waals surface area (Å²) in [4.78, 5) is 2.93. The first-order valence-electron chi connectivity index (χ1n) is 7.68. The molecule has 0 saturated heterocycles. The van der Waals surface area contributed by atoms with Crippen molar-refractivity contribution in [3.63, 3.8) is 0 Å². The molecule has 0 amide bonds. The van der Waals surface area contributed by atoms with Crippen molar-refractivity contribution in [2.24, 2.45) is 11.8 Å². The van der Waals surface area contributed by atoms with Gasteiger partial charge in [0.15, 0.2) is 0 Å². The van der Waals surface area contributed by atoms with Gasteiger partial charge in [-0.1, -0.05) is 36.1 Å². The average Bonchev–Trinajstić information content (AvgIpc) is 3.04. The Hall–Kier alpha value is 0.730. The monoisotopic (exact) mass is 461 g/mol. The minimum Gasteiger partial charge on any atom is -1.00 e. The quantitative estimate of drug-likeness (QED) is 0.527. The number of hydrogen-bond donors (Lipinski definition) is 0. The Morgan fingerprint density at radius 1 is 1.26 bits per heavy atom. The molecule has 3 rings (SSSR count). The molecule has 0 fully saturated rings. The first-order valence-corrected chi connectivity index (χ1v) is 15.9. The molecule has 5 heteroatoms. The maximum absolute atomic E-state index is 2.49. The van der Waals surface area contributed by atoms with Crippen LogP contribution in [0.3, 0.4) is 0 Å². The van der Waals surface area contributed by atoms with Crippen molar-refractivity contribution in [2.45, 2.75) is 40.3 Å². The van der Waals surface area contributed by atoms with Crippen LogP contribution in [0.5, 0.6) is 0 Å². The summed E-state index contributed by atoms with van der Waals surface area (Å²) in [7, 11) is 0. The van der Waals surface area contributed by atoms with Crippen molar-refractivity contribution in [1.29, 1.82) is 0 Å². The zero-order valence-electron chi connectivity index (χ0n) is 14.5. The summed E-state index contributed by atoms with van der Waals surface area (Å²) in [6.07, 6.45) is 15.1. The van der Waals surface area contributed by atoms with Crippen LogP contribution in [-0.4, -0.2) is 5.92 Å². The van der Waals surface area contributed by atoms with E-state index in [9.17, 15) is 0 Å². The fourth-order valence-corrected chi connectivity index (χ4v) is 11.1. The molecule has 1 aliphatic heterocycles.